The van der Waals surface area contributed by atoms with Gasteiger partial charge in [0.05, 0.1) is 11.0 Å². The molecule has 1 aromatic carbocycles. The molecule has 0 aliphatic carbocycles. The first-order valence-electron chi connectivity index (χ1n) is 8.67. The van der Waals surface area contributed by atoms with E-state index in [4.69, 9.17) is 0 Å². The van der Waals surface area contributed by atoms with Gasteiger partial charge in [0.2, 0.25) is 0 Å². The quantitative estimate of drug-likeness (QED) is 0.639. The average molecular weight is 327 g/mol. The van der Waals surface area contributed by atoms with Crippen LogP contribution in [-0.4, -0.2) is 26.2 Å². The zero-order valence-corrected chi connectivity index (χ0v) is 13.6. The number of nitro groups is 1. The smallest absolute Gasteiger partial charge is 0.269 e. The summed E-state index contributed by atoms with van der Waals surface area (Å²) in [6.45, 7) is 1.95. The van der Waals surface area contributed by atoms with Crippen LogP contribution in [0.4, 0.5) is 11.4 Å². The molecule has 1 aromatic heterocycles. The Labute approximate surface area is 140 Å². The molecule has 7 nitrogen and oxygen atoms in total. The molecule has 0 N–H and O–H groups in total. The minimum atomic E-state index is -0.355. The Morgan fingerprint density at radius 3 is 2.62 bits per heavy atom. The van der Waals surface area contributed by atoms with Gasteiger partial charge in [-0.2, -0.15) is 0 Å². The summed E-state index contributed by atoms with van der Waals surface area (Å²) in [4.78, 5) is 12.8. The molecule has 2 aromatic rings. The van der Waals surface area contributed by atoms with E-state index in [2.05, 4.69) is 19.7 Å². The molecule has 3 heterocycles. The van der Waals surface area contributed by atoms with E-state index in [0.717, 1.165) is 49.7 Å². The highest BCUT2D eigenvalue weighted by atomic mass is 16.6. The Bertz CT molecular complexity index is 740. The van der Waals surface area contributed by atoms with Gasteiger partial charge < -0.3 is 9.47 Å². The predicted molar refractivity (Wildman–Crippen MR) is 90.0 cm³/mol. The number of benzene rings is 1. The van der Waals surface area contributed by atoms with E-state index in [9.17, 15) is 10.1 Å². The molecule has 0 amide bonds. The number of non-ortho nitro benzene ring substituents is 1. The van der Waals surface area contributed by atoms with Gasteiger partial charge in [0.25, 0.3) is 5.69 Å². The third kappa shape index (κ3) is 2.64. The maximum atomic E-state index is 10.9. The molecule has 0 spiro atoms. The number of aryl methyl sites for hydroxylation is 1. The number of hydrogen-bond acceptors (Lipinski definition) is 5. The second-order valence-corrected chi connectivity index (χ2v) is 6.56. The van der Waals surface area contributed by atoms with Gasteiger partial charge in [0.15, 0.2) is 5.82 Å². The van der Waals surface area contributed by atoms with Crippen molar-refractivity contribution >= 4 is 11.4 Å². The summed E-state index contributed by atoms with van der Waals surface area (Å²) >= 11 is 0. The highest BCUT2D eigenvalue weighted by Gasteiger charge is 2.30. The average Bonchev–Trinajstić information content (AvgIpc) is 3.06. The summed E-state index contributed by atoms with van der Waals surface area (Å²) < 4.78 is 2.29. The van der Waals surface area contributed by atoms with E-state index in [1.165, 1.54) is 19.3 Å². The maximum absolute atomic E-state index is 10.9. The molecule has 1 unspecified atom stereocenters. The van der Waals surface area contributed by atoms with Crippen molar-refractivity contribution in [1.29, 1.82) is 0 Å². The molecule has 1 fully saturated rings. The summed E-state index contributed by atoms with van der Waals surface area (Å²) in [5, 5.41) is 19.8. The number of nitrogens with zero attached hydrogens (tertiary/aromatic N) is 5. The summed E-state index contributed by atoms with van der Waals surface area (Å²) in [7, 11) is 0. The van der Waals surface area contributed by atoms with E-state index in [-0.39, 0.29) is 16.7 Å². The lowest BCUT2D eigenvalue weighted by Gasteiger charge is -2.37. The lowest BCUT2D eigenvalue weighted by Crippen LogP contribution is -2.35. The second kappa shape index (κ2) is 6.22. The lowest BCUT2D eigenvalue weighted by molar-refractivity contribution is -0.384. The second-order valence-electron chi connectivity index (χ2n) is 6.56. The highest BCUT2D eigenvalue weighted by molar-refractivity contribution is 5.52. The molecule has 0 radical (unpaired) electrons. The van der Waals surface area contributed by atoms with Crippen LogP contribution in [0.1, 0.15) is 49.8 Å². The first-order valence-corrected chi connectivity index (χ1v) is 8.67. The number of fused-ring (bicyclic) bond motifs is 1. The topological polar surface area (TPSA) is 77.1 Å². The normalized spacial score (nSPS) is 20.7. The number of hydrogen-bond donors (Lipinski definition) is 0. The summed E-state index contributed by atoms with van der Waals surface area (Å²) in [6.07, 6.45) is 6.74. The van der Waals surface area contributed by atoms with E-state index >= 15 is 0 Å². The van der Waals surface area contributed by atoms with Gasteiger partial charge in [-0.25, -0.2) is 0 Å². The monoisotopic (exact) mass is 327 g/mol. The largest absolute Gasteiger partial charge is 0.361 e. The van der Waals surface area contributed by atoms with Crippen LogP contribution in [0.2, 0.25) is 0 Å². The van der Waals surface area contributed by atoms with Crippen molar-refractivity contribution in [2.45, 2.75) is 51.1 Å². The van der Waals surface area contributed by atoms with E-state index in [1.807, 2.05) is 12.1 Å². The van der Waals surface area contributed by atoms with Crippen molar-refractivity contribution in [1.82, 2.24) is 14.8 Å². The Balaban J connectivity index is 1.66. The SMILES string of the molecule is O=[N+]([O-])c1ccc(N2CCCCC2c2nnc3n2CCCC3)cc1. The maximum Gasteiger partial charge on any atom is 0.269 e. The van der Waals surface area contributed by atoms with Crippen molar-refractivity contribution in [2.24, 2.45) is 0 Å². The molecule has 1 saturated heterocycles. The van der Waals surface area contributed by atoms with Crippen molar-refractivity contribution < 1.29 is 4.92 Å². The van der Waals surface area contributed by atoms with Crippen molar-refractivity contribution in [3.05, 3.63) is 46.0 Å². The van der Waals surface area contributed by atoms with E-state index in [0.29, 0.717) is 0 Å². The molecule has 126 valence electrons. The Morgan fingerprint density at radius 2 is 1.83 bits per heavy atom. The number of piperidine rings is 1. The van der Waals surface area contributed by atoms with Gasteiger partial charge in [0.1, 0.15) is 5.82 Å². The fourth-order valence-electron chi connectivity index (χ4n) is 3.85. The molecular weight excluding hydrogens is 306 g/mol. The van der Waals surface area contributed by atoms with Crippen LogP contribution in [-0.2, 0) is 13.0 Å². The molecule has 2 aliphatic heterocycles. The summed E-state index contributed by atoms with van der Waals surface area (Å²) in [5.74, 6) is 2.16. The molecule has 0 bridgehead atoms. The molecule has 24 heavy (non-hydrogen) atoms. The van der Waals surface area contributed by atoms with Crippen molar-refractivity contribution in [3.63, 3.8) is 0 Å². The number of rotatable bonds is 3. The minimum absolute atomic E-state index is 0.132. The predicted octanol–water partition coefficient (Wildman–Crippen LogP) is 3.25. The third-order valence-electron chi connectivity index (χ3n) is 5.08. The first kappa shape index (κ1) is 15.1. The summed E-state index contributed by atoms with van der Waals surface area (Å²) in [5.41, 5.74) is 1.16. The van der Waals surface area contributed by atoms with Gasteiger partial charge in [-0.05, 0) is 44.2 Å². The Hall–Kier alpha value is -2.44. The van der Waals surface area contributed by atoms with Crippen LogP contribution in [0.3, 0.4) is 0 Å². The van der Waals surface area contributed by atoms with Crippen LogP contribution >= 0.6 is 0 Å². The molecule has 2 aliphatic rings. The molecule has 4 rings (SSSR count). The van der Waals surface area contributed by atoms with Crippen LogP contribution < -0.4 is 4.90 Å². The Kier molecular flexibility index (Phi) is 3.92. The van der Waals surface area contributed by atoms with Crippen molar-refractivity contribution in [2.75, 3.05) is 11.4 Å². The minimum Gasteiger partial charge on any atom is -0.361 e. The van der Waals surface area contributed by atoms with Gasteiger partial charge in [0, 0.05) is 37.3 Å². The fourth-order valence-corrected chi connectivity index (χ4v) is 3.85. The van der Waals surface area contributed by atoms with Crippen LogP contribution in [0.25, 0.3) is 0 Å². The molecule has 0 saturated carbocycles. The standard InChI is InChI=1S/C17H21N5O2/c23-22(24)14-9-7-13(8-10-14)20-11-3-1-5-15(20)17-19-18-16-6-2-4-12-21(16)17/h7-10,15H,1-6,11-12H2. The third-order valence-corrected chi connectivity index (χ3v) is 5.08. The zero-order chi connectivity index (χ0) is 16.5. The van der Waals surface area contributed by atoms with Gasteiger partial charge in [-0.1, -0.05) is 0 Å². The van der Waals surface area contributed by atoms with Crippen LogP contribution in [0.15, 0.2) is 24.3 Å². The highest BCUT2D eigenvalue weighted by Crippen LogP contribution is 2.35. The van der Waals surface area contributed by atoms with Crippen LogP contribution in [0, 0.1) is 10.1 Å². The van der Waals surface area contributed by atoms with Gasteiger partial charge >= 0.3 is 0 Å². The number of aromatic nitrogens is 3. The lowest BCUT2D eigenvalue weighted by atomic mass is 10.00. The zero-order valence-electron chi connectivity index (χ0n) is 13.6. The van der Waals surface area contributed by atoms with Crippen LogP contribution in [0.5, 0.6) is 0 Å². The number of nitro benzene ring substituents is 1. The van der Waals surface area contributed by atoms with Gasteiger partial charge in [-0.3, -0.25) is 10.1 Å². The van der Waals surface area contributed by atoms with Gasteiger partial charge in [-0.15, -0.1) is 10.2 Å². The van der Waals surface area contributed by atoms with E-state index in [1.54, 1.807) is 12.1 Å². The fraction of sp³-hybridized carbons (Fsp3) is 0.529. The van der Waals surface area contributed by atoms with Crippen molar-refractivity contribution in [3.8, 4) is 0 Å². The molecule has 1 atom stereocenters. The Morgan fingerprint density at radius 1 is 1.04 bits per heavy atom. The number of anilines is 1. The first-order chi connectivity index (χ1) is 11.7. The van der Waals surface area contributed by atoms with E-state index < -0.39 is 0 Å². The molecular formula is C17H21N5O2. The summed E-state index contributed by atoms with van der Waals surface area (Å²) in [6, 6.07) is 7.08. The molecule has 7 heteroatoms.